The fourth-order valence-corrected chi connectivity index (χ4v) is 2.65. The predicted octanol–water partition coefficient (Wildman–Crippen LogP) is 0.871. The van der Waals surface area contributed by atoms with Crippen LogP contribution in [0.2, 0.25) is 0 Å². The van der Waals surface area contributed by atoms with Gasteiger partial charge in [-0.05, 0) is 12.1 Å². The molecule has 0 aliphatic rings. The van der Waals surface area contributed by atoms with Crippen LogP contribution in [-0.4, -0.2) is 53.8 Å². The summed E-state index contributed by atoms with van der Waals surface area (Å²) in [4.78, 5) is 27.8. The summed E-state index contributed by atoms with van der Waals surface area (Å²) in [5.74, 6) is 2.39. The summed E-state index contributed by atoms with van der Waals surface area (Å²) in [5, 5.41) is 8.37. The Hall–Kier alpha value is -3.89. The molecule has 0 radical (unpaired) electrons. The lowest BCUT2D eigenvalue weighted by molar-refractivity contribution is 0.786. The molecule has 4 aromatic heterocycles. The van der Waals surface area contributed by atoms with Crippen LogP contribution in [-0.2, 0) is 13.6 Å². The number of hydrogen-bond acceptors (Lipinski definition) is 10. The molecule has 11 heteroatoms. The van der Waals surface area contributed by atoms with E-state index in [4.69, 9.17) is 5.73 Å². The number of nitrogens with two attached hydrogens (primary N) is 1. The maximum Gasteiger partial charge on any atom is 0.229 e. The SMILES string of the molecule is CN(C)c1nc(N)nc(CNc2nc(-c3ccncc3)nc3c2cnn3C)n1. The third-order valence-corrected chi connectivity index (χ3v) is 4.03. The van der Waals surface area contributed by atoms with Gasteiger partial charge in [-0.2, -0.15) is 20.1 Å². The minimum atomic E-state index is 0.169. The second-order valence-corrected chi connectivity index (χ2v) is 6.29. The van der Waals surface area contributed by atoms with Gasteiger partial charge < -0.3 is 16.0 Å². The summed E-state index contributed by atoms with van der Waals surface area (Å²) in [6.45, 7) is 0.324. The number of aryl methyl sites for hydroxylation is 1. The minimum Gasteiger partial charge on any atom is -0.368 e. The first kappa shape index (κ1) is 17.5. The van der Waals surface area contributed by atoms with Gasteiger partial charge in [0.25, 0.3) is 0 Å². The molecular formula is C17H19N11. The van der Waals surface area contributed by atoms with Crippen molar-refractivity contribution in [3.63, 3.8) is 0 Å². The first-order valence-corrected chi connectivity index (χ1v) is 8.53. The molecule has 0 aromatic carbocycles. The Morgan fingerprint density at radius 2 is 1.86 bits per heavy atom. The highest BCUT2D eigenvalue weighted by molar-refractivity contribution is 5.88. The van der Waals surface area contributed by atoms with Gasteiger partial charge >= 0.3 is 0 Å². The standard InChI is InChI=1S/C17H19N11/c1-27(2)17-23-12(22-16(18)26-17)9-20-14-11-8-21-28(3)15(11)25-13(24-14)10-4-6-19-7-5-10/h4-8H,9H2,1-3H3,(H,20,24,25)(H2,18,22,23,26). The number of nitrogens with zero attached hydrogens (tertiary/aromatic N) is 9. The van der Waals surface area contributed by atoms with Gasteiger partial charge in [0, 0.05) is 39.1 Å². The normalized spacial score (nSPS) is 11.0. The fourth-order valence-electron chi connectivity index (χ4n) is 2.65. The highest BCUT2D eigenvalue weighted by Gasteiger charge is 2.14. The lowest BCUT2D eigenvalue weighted by Crippen LogP contribution is -2.17. The first-order valence-electron chi connectivity index (χ1n) is 8.53. The zero-order valence-electron chi connectivity index (χ0n) is 15.7. The van der Waals surface area contributed by atoms with E-state index in [1.165, 1.54) is 0 Å². The van der Waals surface area contributed by atoms with Gasteiger partial charge in [0.05, 0.1) is 18.1 Å². The van der Waals surface area contributed by atoms with Gasteiger partial charge in [-0.1, -0.05) is 0 Å². The van der Waals surface area contributed by atoms with E-state index < -0.39 is 0 Å². The summed E-state index contributed by atoms with van der Waals surface area (Å²) in [6, 6.07) is 3.72. The van der Waals surface area contributed by atoms with Gasteiger partial charge in [0.1, 0.15) is 5.82 Å². The van der Waals surface area contributed by atoms with Crippen molar-refractivity contribution in [2.24, 2.45) is 7.05 Å². The van der Waals surface area contributed by atoms with Crippen molar-refractivity contribution in [1.82, 2.24) is 39.7 Å². The number of anilines is 3. The van der Waals surface area contributed by atoms with E-state index in [-0.39, 0.29) is 5.95 Å². The van der Waals surface area contributed by atoms with Gasteiger partial charge in [0.2, 0.25) is 11.9 Å². The molecule has 4 aromatic rings. The van der Waals surface area contributed by atoms with Crippen LogP contribution < -0.4 is 16.0 Å². The molecular weight excluding hydrogens is 358 g/mol. The number of pyridine rings is 1. The fraction of sp³-hybridized carbons (Fsp3) is 0.235. The maximum atomic E-state index is 5.80. The molecule has 0 amide bonds. The summed E-state index contributed by atoms with van der Waals surface area (Å²) < 4.78 is 1.71. The lowest BCUT2D eigenvalue weighted by atomic mass is 10.2. The number of aromatic nitrogens is 8. The van der Waals surface area contributed by atoms with E-state index in [9.17, 15) is 0 Å². The third-order valence-electron chi connectivity index (χ3n) is 4.03. The zero-order valence-corrected chi connectivity index (χ0v) is 15.7. The van der Waals surface area contributed by atoms with Crippen LogP contribution in [0, 0.1) is 0 Å². The smallest absolute Gasteiger partial charge is 0.229 e. The molecule has 3 N–H and O–H groups in total. The van der Waals surface area contributed by atoms with Crippen molar-refractivity contribution in [2.75, 3.05) is 30.0 Å². The second kappa shape index (κ2) is 7.02. The van der Waals surface area contributed by atoms with Crippen molar-refractivity contribution in [2.45, 2.75) is 6.54 Å². The van der Waals surface area contributed by atoms with Gasteiger partial charge in [0.15, 0.2) is 17.3 Å². The summed E-state index contributed by atoms with van der Waals surface area (Å²) in [7, 11) is 5.53. The maximum absolute atomic E-state index is 5.80. The molecule has 11 nitrogen and oxygen atoms in total. The molecule has 0 unspecified atom stereocenters. The molecule has 28 heavy (non-hydrogen) atoms. The molecule has 0 spiro atoms. The first-order chi connectivity index (χ1) is 13.5. The van der Waals surface area contributed by atoms with Crippen LogP contribution in [0.5, 0.6) is 0 Å². The highest BCUT2D eigenvalue weighted by atomic mass is 15.3. The number of nitrogen functional groups attached to an aromatic ring is 1. The average Bonchev–Trinajstić information content (AvgIpc) is 3.07. The predicted molar refractivity (Wildman–Crippen MR) is 105 cm³/mol. The summed E-state index contributed by atoms with van der Waals surface area (Å²) in [6.07, 6.45) is 5.13. The van der Waals surface area contributed by atoms with E-state index in [0.29, 0.717) is 35.6 Å². The Morgan fingerprint density at radius 1 is 1.07 bits per heavy atom. The number of nitrogens with one attached hydrogen (secondary N) is 1. The van der Waals surface area contributed by atoms with Crippen LogP contribution in [0.15, 0.2) is 30.7 Å². The highest BCUT2D eigenvalue weighted by Crippen LogP contribution is 2.24. The Kier molecular flexibility index (Phi) is 4.39. The second-order valence-electron chi connectivity index (χ2n) is 6.29. The number of rotatable bonds is 5. The van der Waals surface area contributed by atoms with E-state index in [0.717, 1.165) is 10.9 Å². The van der Waals surface area contributed by atoms with Gasteiger partial charge in [-0.25, -0.2) is 9.97 Å². The summed E-state index contributed by atoms with van der Waals surface area (Å²) >= 11 is 0. The third kappa shape index (κ3) is 3.37. The molecule has 0 saturated carbocycles. The van der Waals surface area contributed by atoms with Crippen molar-refractivity contribution in [1.29, 1.82) is 0 Å². The molecule has 0 fully saturated rings. The average molecular weight is 377 g/mol. The molecule has 0 atom stereocenters. The zero-order chi connectivity index (χ0) is 19.7. The monoisotopic (exact) mass is 377 g/mol. The Morgan fingerprint density at radius 3 is 2.61 bits per heavy atom. The van der Waals surface area contributed by atoms with E-state index >= 15 is 0 Å². The van der Waals surface area contributed by atoms with E-state index in [1.54, 1.807) is 28.2 Å². The largest absolute Gasteiger partial charge is 0.368 e. The topological polar surface area (TPSA) is 136 Å². The van der Waals surface area contributed by atoms with Gasteiger partial charge in [-0.3, -0.25) is 9.67 Å². The molecule has 0 aliphatic heterocycles. The number of hydrogen-bond donors (Lipinski definition) is 2. The van der Waals surface area contributed by atoms with E-state index in [1.807, 2.05) is 33.3 Å². The molecule has 0 bridgehead atoms. The van der Waals surface area contributed by atoms with Gasteiger partial charge in [-0.15, -0.1) is 0 Å². The quantitative estimate of drug-likeness (QED) is 0.515. The molecule has 0 saturated heterocycles. The Balaban J connectivity index is 1.71. The van der Waals surface area contributed by atoms with Crippen LogP contribution in [0.4, 0.5) is 17.7 Å². The summed E-state index contributed by atoms with van der Waals surface area (Å²) in [5.41, 5.74) is 7.38. The van der Waals surface area contributed by atoms with Crippen molar-refractivity contribution in [3.05, 3.63) is 36.5 Å². The minimum absolute atomic E-state index is 0.169. The van der Waals surface area contributed by atoms with Crippen LogP contribution in [0.1, 0.15) is 5.82 Å². The van der Waals surface area contributed by atoms with E-state index in [2.05, 4.69) is 40.3 Å². The van der Waals surface area contributed by atoms with Crippen LogP contribution in [0.25, 0.3) is 22.4 Å². The molecule has 4 rings (SSSR count). The lowest BCUT2D eigenvalue weighted by Gasteiger charge is -2.12. The Labute approximate surface area is 160 Å². The molecule has 142 valence electrons. The number of fused-ring (bicyclic) bond motifs is 1. The van der Waals surface area contributed by atoms with Crippen LogP contribution >= 0.6 is 0 Å². The van der Waals surface area contributed by atoms with Crippen molar-refractivity contribution >= 4 is 28.7 Å². The Bertz CT molecular complexity index is 1120. The molecule has 0 aliphatic carbocycles. The van der Waals surface area contributed by atoms with Crippen molar-refractivity contribution < 1.29 is 0 Å². The molecule has 4 heterocycles. The van der Waals surface area contributed by atoms with Crippen molar-refractivity contribution in [3.8, 4) is 11.4 Å². The van der Waals surface area contributed by atoms with Crippen LogP contribution in [0.3, 0.4) is 0 Å².